The zero-order valence-electron chi connectivity index (χ0n) is 13.1. The van der Waals surface area contributed by atoms with Crippen molar-refractivity contribution in [2.45, 2.75) is 45.2 Å². The lowest BCUT2D eigenvalue weighted by Crippen LogP contribution is -2.49. The Morgan fingerprint density at radius 1 is 1.36 bits per heavy atom. The van der Waals surface area contributed by atoms with Crippen LogP contribution in [0.25, 0.3) is 0 Å². The molecule has 1 aliphatic rings. The maximum atomic E-state index is 12.3. The van der Waals surface area contributed by atoms with Crippen molar-refractivity contribution in [2.24, 2.45) is 11.7 Å². The summed E-state index contributed by atoms with van der Waals surface area (Å²) >= 11 is 0. The van der Waals surface area contributed by atoms with Gasteiger partial charge in [-0.15, -0.1) is 0 Å². The molecule has 1 aromatic rings. The maximum Gasteiger partial charge on any atom is 0.269 e. The SMILES string of the molecule is CC(C)CCN1C(=O)CCC(N)C1c1ccc([N+](=O)[O-])cc1. The van der Waals surface area contributed by atoms with E-state index in [4.69, 9.17) is 5.73 Å². The zero-order valence-corrected chi connectivity index (χ0v) is 13.1. The van der Waals surface area contributed by atoms with Gasteiger partial charge in [0.1, 0.15) is 0 Å². The fraction of sp³-hybridized carbons (Fsp3) is 0.562. The molecule has 22 heavy (non-hydrogen) atoms. The van der Waals surface area contributed by atoms with Crippen LogP contribution in [0.2, 0.25) is 0 Å². The highest BCUT2D eigenvalue weighted by molar-refractivity contribution is 5.78. The van der Waals surface area contributed by atoms with E-state index in [1.54, 1.807) is 12.1 Å². The molecule has 1 saturated heterocycles. The van der Waals surface area contributed by atoms with Gasteiger partial charge >= 0.3 is 0 Å². The van der Waals surface area contributed by atoms with Gasteiger partial charge in [0.05, 0.1) is 11.0 Å². The van der Waals surface area contributed by atoms with Crippen molar-refractivity contribution in [1.29, 1.82) is 0 Å². The number of piperidine rings is 1. The van der Waals surface area contributed by atoms with Crippen LogP contribution in [0, 0.1) is 16.0 Å². The molecule has 1 amide bonds. The second-order valence-electron chi connectivity index (χ2n) is 6.27. The van der Waals surface area contributed by atoms with Gasteiger partial charge in [-0.2, -0.15) is 0 Å². The van der Waals surface area contributed by atoms with Gasteiger partial charge in [-0.25, -0.2) is 0 Å². The summed E-state index contributed by atoms with van der Waals surface area (Å²) in [5.74, 6) is 0.620. The van der Waals surface area contributed by atoms with Crippen LogP contribution in [0.4, 0.5) is 5.69 Å². The summed E-state index contributed by atoms with van der Waals surface area (Å²) < 4.78 is 0. The molecule has 2 N–H and O–H groups in total. The molecule has 1 aromatic carbocycles. The van der Waals surface area contributed by atoms with E-state index < -0.39 is 4.92 Å². The van der Waals surface area contributed by atoms with Crippen molar-refractivity contribution >= 4 is 11.6 Å². The Morgan fingerprint density at radius 2 is 2.00 bits per heavy atom. The van der Waals surface area contributed by atoms with Crippen LogP contribution in [0.15, 0.2) is 24.3 Å². The zero-order chi connectivity index (χ0) is 16.3. The predicted molar refractivity (Wildman–Crippen MR) is 84.2 cm³/mol. The number of nitro benzene ring substituents is 1. The second-order valence-corrected chi connectivity index (χ2v) is 6.27. The van der Waals surface area contributed by atoms with E-state index in [0.29, 0.717) is 25.3 Å². The van der Waals surface area contributed by atoms with Gasteiger partial charge in [-0.3, -0.25) is 14.9 Å². The standard InChI is InChI=1S/C16H23N3O3/c1-11(2)9-10-18-15(20)8-7-14(17)16(18)12-3-5-13(6-4-12)19(21)22/h3-6,11,14,16H,7-10,17H2,1-2H3. The average molecular weight is 305 g/mol. The van der Waals surface area contributed by atoms with Crippen molar-refractivity contribution in [3.8, 4) is 0 Å². The minimum Gasteiger partial charge on any atom is -0.334 e. The van der Waals surface area contributed by atoms with Gasteiger partial charge in [0.2, 0.25) is 5.91 Å². The lowest BCUT2D eigenvalue weighted by atomic mass is 9.90. The molecule has 2 rings (SSSR count). The highest BCUT2D eigenvalue weighted by Crippen LogP contribution is 2.32. The number of nitrogens with zero attached hydrogens (tertiary/aromatic N) is 2. The molecule has 6 nitrogen and oxygen atoms in total. The Bertz CT molecular complexity index is 542. The summed E-state index contributed by atoms with van der Waals surface area (Å²) in [7, 11) is 0. The summed E-state index contributed by atoms with van der Waals surface area (Å²) in [5.41, 5.74) is 7.16. The van der Waals surface area contributed by atoms with Crippen LogP contribution in [-0.4, -0.2) is 28.3 Å². The third kappa shape index (κ3) is 3.62. The van der Waals surface area contributed by atoms with Crippen molar-refractivity contribution in [3.05, 3.63) is 39.9 Å². The molecule has 0 radical (unpaired) electrons. The topological polar surface area (TPSA) is 89.5 Å². The molecule has 0 bridgehead atoms. The quantitative estimate of drug-likeness (QED) is 0.669. The number of likely N-dealkylation sites (tertiary alicyclic amines) is 1. The van der Waals surface area contributed by atoms with Gasteiger partial charge in [0.25, 0.3) is 5.69 Å². The molecule has 1 aliphatic heterocycles. The Balaban J connectivity index is 2.25. The van der Waals surface area contributed by atoms with E-state index in [2.05, 4.69) is 13.8 Å². The number of hydrogen-bond donors (Lipinski definition) is 1. The molecule has 6 heteroatoms. The van der Waals surface area contributed by atoms with Crippen molar-refractivity contribution in [1.82, 2.24) is 4.90 Å². The van der Waals surface area contributed by atoms with Crippen LogP contribution < -0.4 is 5.73 Å². The number of non-ortho nitro benzene ring substituents is 1. The average Bonchev–Trinajstić information content (AvgIpc) is 2.48. The number of nitrogens with two attached hydrogens (primary N) is 1. The Hall–Kier alpha value is -1.95. The number of hydrogen-bond acceptors (Lipinski definition) is 4. The van der Waals surface area contributed by atoms with E-state index in [1.165, 1.54) is 12.1 Å². The molecule has 0 aromatic heterocycles. The van der Waals surface area contributed by atoms with Crippen LogP contribution in [-0.2, 0) is 4.79 Å². The fourth-order valence-corrected chi connectivity index (χ4v) is 2.86. The largest absolute Gasteiger partial charge is 0.334 e. The first kappa shape index (κ1) is 16.4. The maximum absolute atomic E-state index is 12.3. The first-order valence-electron chi connectivity index (χ1n) is 7.69. The molecule has 2 unspecified atom stereocenters. The number of carbonyl (C=O) groups is 1. The monoisotopic (exact) mass is 305 g/mol. The molecule has 0 aliphatic carbocycles. The van der Waals surface area contributed by atoms with E-state index >= 15 is 0 Å². The summed E-state index contributed by atoms with van der Waals surface area (Å²) in [6.07, 6.45) is 2.04. The van der Waals surface area contributed by atoms with Crippen molar-refractivity contribution in [2.75, 3.05) is 6.54 Å². The molecule has 0 spiro atoms. The number of nitro groups is 1. The highest BCUT2D eigenvalue weighted by atomic mass is 16.6. The number of carbonyl (C=O) groups excluding carboxylic acids is 1. The molecule has 120 valence electrons. The number of rotatable bonds is 5. The van der Waals surface area contributed by atoms with Gasteiger partial charge in [-0.05, 0) is 24.3 Å². The molecule has 1 heterocycles. The minimum atomic E-state index is -0.424. The van der Waals surface area contributed by atoms with Gasteiger partial charge in [0, 0.05) is 31.1 Å². The molecular formula is C16H23N3O3. The fourth-order valence-electron chi connectivity index (χ4n) is 2.86. The van der Waals surface area contributed by atoms with E-state index in [9.17, 15) is 14.9 Å². The first-order valence-corrected chi connectivity index (χ1v) is 7.69. The normalized spacial score (nSPS) is 22.2. The summed E-state index contributed by atoms with van der Waals surface area (Å²) in [6.45, 7) is 4.91. The van der Waals surface area contributed by atoms with Crippen molar-refractivity contribution < 1.29 is 9.72 Å². The molecule has 2 atom stereocenters. The summed E-state index contributed by atoms with van der Waals surface area (Å²) in [6, 6.07) is 6.05. The van der Waals surface area contributed by atoms with Gasteiger partial charge in [0.15, 0.2) is 0 Å². The smallest absolute Gasteiger partial charge is 0.269 e. The predicted octanol–water partition coefficient (Wildman–Crippen LogP) is 2.63. The van der Waals surface area contributed by atoms with Crippen LogP contribution >= 0.6 is 0 Å². The Morgan fingerprint density at radius 3 is 2.55 bits per heavy atom. The number of benzene rings is 1. The third-order valence-electron chi connectivity index (χ3n) is 4.15. The van der Waals surface area contributed by atoms with E-state index in [1.807, 2.05) is 4.90 Å². The van der Waals surface area contributed by atoms with Crippen LogP contribution in [0.1, 0.15) is 44.7 Å². The molecule has 0 saturated carbocycles. The third-order valence-corrected chi connectivity index (χ3v) is 4.15. The lowest BCUT2D eigenvalue weighted by Gasteiger charge is -2.40. The Labute approximate surface area is 130 Å². The van der Waals surface area contributed by atoms with Gasteiger partial charge in [-0.1, -0.05) is 26.0 Å². The van der Waals surface area contributed by atoms with Crippen molar-refractivity contribution in [3.63, 3.8) is 0 Å². The lowest BCUT2D eigenvalue weighted by molar-refractivity contribution is -0.384. The van der Waals surface area contributed by atoms with Crippen LogP contribution in [0.5, 0.6) is 0 Å². The van der Waals surface area contributed by atoms with E-state index in [0.717, 1.165) is 12.0 Å². The van der Waals surface area contributed by atoms with E-state index in [-0.39, 0.29) is 23.7 Å². The highest BCUT2D eigenvalue weighted by Gasteiger charge is 2.34. The summed E-state index contributed by atoms with van der Waals surface area (Å²) in [5, 5.41) is 10.8. The molecular weight excluding hydrogens is 282 g/mol. The second kappa shape index (κ2) is 6.87. The number of amides is 1. The first-order chi connectivity index (χ1) is 10.4. The molecule has 1 fully saturated rings. The van der Waals surface area contributed by atoms with Gasteiger partial charge < -0.3 is 10.6 Å². The minimum absolute atomic E-state index is 0.0492. The Kier molecular flexibility index (Phi) is 5.13. The van der Waals surface area contributed by atoms with Crippen LogP contribution in [0.3, 0.4) is 0 Å². The summed E-state index contributed by atoms with van der Waals surface area (Å²) in [4.78, 5) is 24.5.